The lowest BCUT2D eigenvalue weighted by molar-refractivity contribution is -0.273. The number of hydrogen-bond donors (Lipinski definition) is 1. The average molecular weight is 574 g/mol. The highest BCUT2D eigenvalue weighted by molar-refractivity contribution is 5.77. The number of ether oxygens (including phenoxy) is 4. The van der Waals surface area contributed by atoms with Crippen molar-refractivity contribution >= 4 is 12.1 Å². The molecule has 2 saturated heterocycles. The van der Waals surface area contributed by atoms with E-state index < -0.39 is 6.09 Å². The Morgan fingerprint density at radius 1 is 0.951 bits per heavy atom. The van der Waals surface area contributed by atoms with Crippen molar-refractivity contribution in [3.63, 3.8) is 0 Å². The van der Waals surface area contributed by atoms with Crippen molar-refractivity contribution < 1.29 is 28.5 Å². The van der Waals surface area contributed by atoms with E-state index in [0.29, 0.717) is 47.2 Å². The number of alkyl carbamates (subject to hydrolysis) is 1. The second-order valence-electron chi connectivity index (χ2n) is 15.4. The van der Waals surface area contributed by atoms with Crippen LogP contribution in [0.4, 0.5) is 4.79 Å². The number of hydrogen-bond acceptors (Lipinski definition) is 6. The van der Waals surface area contributed by atoms with Crippen LogP contribution < -0.4 is 5.32 Å². The minimum Gasteiger partial charge on any atom is -0.461 e. The van der Waals surface area contributed by atoms with Crippen LogP contribution in [0.1, 0.15) is 112 Å². The molecule has 6 fully saturated rings. The zero-order valence-corrected chi connectivity index (χ0v) is 26.3. The lowest BCUT2D eigenvalue weighted by atomic mass is 9.44. The molecule has 0 aromatic heterocycles. The van der Waals surface area contributed by atoms with Crippen molar-refractivity contribution in [2.45, 2.75) is 130 Å². The molecule has 0 bridgehead atoms. The van der Waals surface area contributed by atoms with Crippen LogP contribution in [0.5, 0.6) is 0 Å². The van der Waals surface area contributed by atoms with Crippen molar-refractivity contribution in [3.8, 4) is 0 Å². The van der Waals surface area contributed by atoms with Gasteiger partial charge < -0.3 is 24.3 Å². The summed E-state index contributed by atoms with van der Waals surface area (Å²) in [5.41, 5.74) is 0.671. The highest BCUT2D eigenvalue weighted by Gasteiger charge is 2.69. The molecule has 41 heavy (non-hydrogen) atoms. The third kappa shape index (κ3) is 5.13. The summed E-state index contributed by atoms with van der Waals surface area (Å²) in [5.74, 6) is 3.91. The van der Waals surface area contributed by atoms with Gasteiger partial charge in [0.25, 0.3) is 0 Å². The van der Waals surface area contributed by atoms with Crippen molar-refractivity contribution in [1.82, 2.24) is 5.32 Å². The van der Waals surface area contributed by atoms with Crippen LogP contribution in [0.2, 0.25) is 0 Å². The van der Waals surface area contributed by atoms with Crippen LogP contribution >= 0.6 is 0 Å². The summed E-state index contributed by atoms with van der Waals surface area (Å²) >= 11 is 0. The molecule has 1 amide bonds. The Hall–Kier alpha value is -1.34. The molecule has 2 heterocycles. The zero-order valence-electron chi connectivity index (χ0n) is 26.3. The first-order valence-electron chi connectivity index (χ1n) is 17.0. The van der Waals surface area contributed by atoms with Gasteiger partial charge in [0.15, 0.2) is 5.79 Å². The van der Waals surface area contributed by atoms with Gasteiger partial charge in [-0.1, -0.05) is 41.0 Å². The van der Waals surface area contributed by atoms with Crippen molar-refractivity contribution in [2.75, 3.05) is 19.8 Å². The molecule has 3 unspecified atom stereocenters. The van der Waals surface area contributed by atoms with Gasteiger partial charge in [-0.05, 0) is 111 Å². The number of carbonyl (C=O) groups is 2. The maximum Gasteiger partial charge on any atom is 0.407 e. The second-order valence-corrected chi connectivity index (χ2v) is 15.4. The van der Waals surface area contributed by atoms with Gasteiger partial charge in [0.2, 0.25) is 0 Å². The van der Waals surface area contributed by atoms with Crippen LogP contribution in [0.25, 0.3) is 0 Å². The molecule has 7 heteroatoms. The Balaban J connectivity index is 1.05. The maximum absolute atomic E-state index is 12.5. The number of fused-ring (bicyclic) bond motifs is 7. The first kappa shape index (κ1) is 29.7. The van der Waals surface area contributed by atoms with Crippen LogP contribution in [0.15, 0.2) is 0 Å². The Morgan fingerprint density at radius 2 is 1.76 bits per heavy atom. The second kappa shape index (κ2) is 11.3. The summed E-state index contributed by atoms with van der Waals surface area (Å²) in [4.78, 5) is 24.3. The molecule has 1 spiro atoms. The molecule has 1 N–H and O–H groups in total. The standard InChI is InChI=1S/C34H55NO6/c1-6-7-16-38-31(37)35-19-29(36)40-24-11-13-32(4)23(17-24)8-9-25-26(32)12-14-33(5)27(25)18-28-30(33)22(3)34(41-28)15-10-21(2)20-39-34/h21-28,30H,6-20H2,1-5H3,(H,35,37)/t21-,22-,23+,24+,25?,26?,27?,28-,30-,32-,33-,34+/m0/s1. The van der Waals surface area contributed by atoms with E-state index in [-0.39, 0.29) is 24.4 Å². The van der Waals surface area contributed by atoms with E-state index in [1.54, 1.807) is 0 Å². The van der Waals surface area contributed by atoms with E-state index in [0.717, 1.165) is 62.9 Å². The molecule has 0 aromatic carbocycles. The van der Waals surface area contributed by atoms with Gasteiger partial charge in [0, 0.05) is 12.3 Å². The first-order valence-corrected chi connectivity index (χ1v) is 17.0. The molecule has 0 aromatic rings. The van der Waals surface area contributed by atoms with Gasteiger partial charge in [-0.25, -0.2) is 4.79 Å². The minimum atomic E-state index is -0.541. The van der Waals surface area contributed by atoms with E-state index in [1.807, 2.05) is 6.92 Å². The highest BCUT2D eigenvalue weighted by atomic mass is 16.7. The van der Waals surface area contributed by atoms with Crippen molar-refractivity contribution in [3.05, 3.63) is 0 Å². The monoisotopic (exact) mass is 573 g/mol. The third-order valence-corrected chi connectivity index (χ3v) is 13.3. The predicted octanol–water partition coefficient (Wildman–Crippen LogP) is 6.87. The van der Waals surface area contributed by atoms with Gasteiger partial charge in [-0.2, -0.15) is 0 Å². The summed E-state index contributed by atoms with van der Waals surface area (Å²) in [6.07, 6.45) is 13.2. The molecule has 6 aliphatic rings. The number of unbranched alkanes of at least 4 members (excludes halogenated alkanes) is 1. The van der Waals surface area contributed by atoms with E-state index in [1.165, 1.54) is 38.5 Å². The van der Waals surface area contributed by atoms with Gasteiger partial charge >= 0.3 is 12.1 Å². The van der Waals surface area contributed by atoms with E-state index in [2.05, 4.69) is 33.0 Å². The Morgan fingerprint density at radius 3 is 2.51 bits per heavy atom. The van der Waals surface area contributed by atoms with Crippen LogP contribution in [0, 0.1) is 52.3 Å². The van der Waals surface area contributed by atoms with Gasteiger partial charge in [0.05, 0.1) is 19.3 Å². The summed E-state index contributed by atoms with van der Waals surface area (Å²) in [5, 5.41) is 2.54. The maximum atomic E-state index is 12.5. The lowest BCUT2D eigenvalue weighted by Crippen LogP contribution is -2.55. The molecular formula is C34H55NO6. The predicted molar refractivity (Wildman–Crippen MR) is 156 cm³/mol. The smallest absolute Gasteiger partial charge is 0.407 e. The summed E-state index contributed by atoms with van der Waals surface area (Å²) in [6.45, 7) is 13.0. The van der Waals surface area contributed by atoms with Gasteiger partial charge in [-0.15, -0.1) is 0 Å². The van der Waals surface area contributed by atoms with E-state index in [9.17, 15) is 9.59 Å². The molecule has 4 aliphatic carbocycles. The van der Waals surface area contributed by atoms with Crippen LogP contribution in [-0.4, -0.2) is 49.8 Å². The molecule has 6 rings (SSSR count). The highest BCUT2D eigenvalue weighted by Crippen LogP contribution is 2.71. The minimum absolute atomic E-state index is 0.0432. The first-order chi connectivity index (χ1) is 19.6. The van der Waals surface area contributed by atoms with Crippen LogP contribution in [-0.2, 0) is 23.7 Å². The topological polar surface area (TPSA) is 83.1 Å². The molecule has 232 valence electrons. The zero-order chi connectivity index (χ0) is 29.0. The average Bonchev–Trinajstić information content (AvgIpc) is 3.39. The summed E-state index contributed by atoms with van der Waals surface area (Å²) in [7, 11) is 0. The molecule has 4 saturated carbocycles. The van der Waals surface area contributed by atoms with Gasteiger partial charge in [0.1, 0.15) is 12.6 Å². The van der Waals surface area contributed by atoms with E-state index >= 15 is 0 Å². The van der Waals surface area contributed by atoms with Crippen molar-refractivity contribution in [1.29, 1.82) is 0 Å². The Bertz CT molecular complexity index is 978. The number of rotatable bonds is 6. The number of amides is 1. The molecule has 2 aliphatic heterocycles. The Labute approximate surface area is 247 Å². The fourth-order valence-corrected chi connectivity index (χ4v) is 11.1. The van der Waals surface area contributed by atoms with Crippen molar-refractivity contribution in [2.24, 2.45) is 52.3 Å². The van der Waals surface area contributed by atoms with E-state index in [4.69, 9.17) is 18.9 Å². The van der Waals surface area contributed by atoms with Gasteiger partial charge in [-0.3, -0.25) is 4.79 Å². The normalized spacial score (nSPS) is 48.5. The fourth-order valence-electron chi connectivity index (χ4n) is 11.1. The SMILES string of the molecule is CCCCOC(=O)NCC(=O)O[C@@H]1CC[C@]2(C)C3CC[C@@]4(C)C(C[C@@H]5O[C@]6(CC[C@H](C)CO6)[C@@H](C)[C@@H]54)C3CC[C@@H]2C1. The Kier molecular flexibility index (Phi) is 8.19. The van der Waals surface area contributed by atoms with Crippen LogP contribution in [0.3, 0.4) is 0 Å². The third-order valence-electron chi connectivity index (χ3n) is 13.3. The quantitative estimate of drug-likeness (QED) is 0.276. The fraction of sp³-hybridized carbons (Fsp3) is 0.941. The number of esters is 1. The summed E-state index contributed by atoms with van der Waals surface area (Å²) in [6, 6.07) is 0. The molecule has 0 radical (unpaired) electrons. The lowest BCUT2D eigenvalue weighted by Gasteiger charge is -2.61. The number of carbonyl (C=O) groups excluding carboxylic acids is 2. The molecule has 7 nitrogen and oxygen atoms in total. The largest absolute Gasteiger partial charge is 0.461 e. The molecular weight excluding hydrogens is 518 g/mol. The molecule has 12 atom stereocenters. The number of nitrogens with one attached hydrogen (secondary N) is 1. The summed E-state index contributed by atoms with van der Waals surface area (Å²) < 4.78 is 24.4.